The van der Waals surface area contributed by atoms with Gasteiger partial charge in [0.2, 0.25) is 0 Å². The molecule has 1 aliphatic rings. The van der Waals surface area contributed by atoms with Crippen LogP contribution in [0.5, 0.6) is 0 Å². The van der Waals surface area contributed by atoms with Crippen LogP contribution in [0.25, 0.3) is 10.9 Å². The van der Waals surface area contributed by atoms with Crippen LogP contribution >= 0.6 is 11.6 Å². The second-order valence-electron chi connectivity index (χ2n) is 6.60. The summed E-state index contributed by atoms with van der Waals surface area (Å²) in [4.78, 5) is 33.0. The number of carbonyl (C=O) groups excluding carboxylic acids is 2. The Bertz CT molecular complexity index is 1060. The summed E-state index contributed by atoms with van der Waals surface area (Å²) in [5.41, 5.74) is 1.08. The van der Waals surface area contributed by atoms with Crippen LogP contribution in [-0.2, 0) is 0 Å². The first-order chi connectivity index (χ1) is 13.5. The Morgan fingerprint density at radius 2 is 1.57 bits per heavy atom. The van der Waals surface area contributed by atoms with Crippen molar-refractivity contribution < 1.29 is 14.0 Å². The molecule has 0 saturated carbocycles. The number of rotatable bonds is 2. The van der Waals surface area contributed by atoms with Crippen molar-refractivity contribution in [1.82, 2.24) is 14.8 Å². The topological polar surface area (TPSA) is 53.5 Å². The standard InChI is InChI=1S/C21H17ClFN3O2/c22-15-6-7-17(23)16(13-15)20(27)25-9-11-26(12-10-25)21(28)19-8-5-14-3-1-2-4-18(14)24-19/h1-8,13H,9-12H2. The highest BCUT2D eigenvalue weighted by Crippen LogP contribution is 2.19. The minimum Gasteiger partial charge on any atom is -0.335 e. The van der Waals surface area contributed by atoms with Crippen LogP contribution in [0.3, 0.4) is 0 Å². The molecule has 2 aromatic carbocycles. The zero-order chi connectivity index (χ0) is 19.7. The van der Waals surface area contributed by atoms with Crippen molar-refractivity contribution in [3.8, 4) is 0 Å². The predicted molar refractivity (Wildman–Crippen MR) is 105 cm³/mol. The first-order valence-electron chi connectivity index (χ1n) is 8.92. The summed E-state index contributed by atoms with van der Waals surface area (Å²) in [5.74, 6) is -1.20. The van der Waals surface area contributed by atoms with E-state index in [1.165, 1.54) is 23.1 Å². The van der Waals surface area contributed by atoms with Crippen molar-refractivity contribution >= 4 is 34.3 Å². The number of nitrogens with zero attached hydrogens (tertiary/aromatic N) is 3. The Hall–Kier alpha value is -2.99. The SMILES string of the molecule is O=C(c1ccc2ccccc2n1)N1CCN(C(=O)c2cc(Cl)ccc2F)CC1. The van der Waals surface area contributed by atoms with E-state index in [1.807, 2.05) is 30.3 Å². The fourth-order valence-electron chi connectivity index (χ4n) is 3.29. The van der Waals surface area contributed by atoms with E-state index in [-0.39, 0.29) is 11.5 Å². The molecule has 1 saturated heterocycles. The van der Waals surface area contributed by atoms with E-state index in [1.54, 1.807) is 11.0 Å². The monoisotopic (exact) mass is 397 g/mol. The van der Waals surface area contributed by atoms with E-state index in [9.17, 15) is 14.0 Å². The third-order valence-electron chi connectivity index (χ3n) is 4.83. The van der Waals surface area contributed by atoms with E-state index in [4.69, 9.17) is 11.6 Å². The lowest BCUT2D eigenvalue weighted by Crippen LogP contribution is -2.50. The highest BCUT2D eigenvalue weighted by atomic mass is 35.5. The van der Waals surface area contributed by atoms with E-state index < -0.39 is 11.7 Å². The van der Waals surface area contributed by atoms with Gasteiger partial charge in [-0.1, -0.05) is 35.9 Å². The van der Waals surface area contributed by atoms with Gasteiger partial charge in [-0.3, -0.25) is 9.59 Å². The van der Waals surface area contributed by atoms with Gasteiger partial charge in [0.15, 0.2) is 0 Å². The Kier molecular flexibility index (Phi) is 4.96. The lowest BCUT2D eigenvalue weighted by molar-refractivity contribution is 0.0530. The number of amides is 2. The maximum Gasteiger partial charge on any atom is 0.272 e. The molecule has 142 valence electrons. The Balaban J connectivity index is 1.45. The van der Waals surface area contributed by atoms with Gasteiger partial charge in [-0.05, 0) is 30.3 Å². The number of fused-ring (bicyclic) bond motifs is 1. The van der Waals surface area contributed by atoms with Crippen LogP contribution in [0, 0.1) is 5.82 Å². The van der Waals surface area contributed by atoms with Gasteiger partial charge in [0.25, 0.3) is 11.8 Å². The number of hydrogen-bond donors (Lipinski definition) is 0. The predicted octanol–water partition coefficient (Wildman–Crippen LogP) is 3.63. The molecule has 28 heavy (non-hydrogen) atoms. The minimum absolute atomic E-state index is 0.0523. The molecule has 2 amide bonds. The Morgan fingerprint density at radius 3 is 2.32 bits per heavy atom. The van der Waals surface area contributed by atoms with Crippen LogP contribution in [0.15, 0.2) is 54.6 Å². The van der Waals surface area contributed by atoms with E-state index in [0.717, 1.165) is 10.9 Å². The van der Waals surface area contributed by atoms with Crippen LogP contribution in [-0.4, -0.2) is 52.8 Å². The maximum absolute atomic E-state index is 14.0. The molecule has 1 fully saturated rings. The van der Waals surface area contributed by atoms with E-state index in [2.05, 4.69) is 4.98 Å². The summed E-state index contributed by atoms with van der Waals surface area (Å²) in [5, 5.41) is 1.28. The van der Waals surface area contributed by atoms with Crippen molar-refractivity contribution in [2.24, 2.45) is 0 Å². The number of piperazine rings is 1. The molecular formula is C21H17ClFN3O2. The first-order valence-corrected chi connectivity index (χ1v) is 9.30. The van der Waals surface area contributed by atoms with Crippen LogP contribution in [0.4, 0.5) is 4.39 Å². The van der Waals surface area contributed by atoms with Gasteiger partial charge in [-0.25, -0.2) is 9.37 Å². The number of hydrogen-bond acceptors (Lipinski definition) is 3. The number of para-hydroxylation sites is 1. The average molecular weight is 398 g/mol. The summed E-state index contributed by atoms with van der Waals surface area (Å²) < 4.78 is 14.0. The average Bonchev–Trinajstić information content (AvgIpc) is 2.74. The molecule has 4 rings (SSSR count). The second kappa shape index (κ2) is 7.56. The number of carbonyl (C=O) groups is 2. The third-order valence-corrected chi connectivity index (χ3v) is 5.07. The molecule has 2 heterocycles. The maximum atomic E-state index is 14.0. The van der Waals surface area contributed by atoms with Gasteiger partial charge < -0.3 is 9.80 Å². The molecule has 0 aliphatic carbocycles. The van der Waals surface area contributed by atoms with Crippen molar-refractivity contribution in [2.75, 3.05) is 26.2 Å². The largest absolute Gasteiger partial charge is 0.335 e. The molecule has 5 nitrogen and oxygen atoms in total. The van der Waals surface area contributed by atoms with Crippen molar-refractivity contribution in [1.29, 1.82) is 0 Å². The summed E-state index contributed by atoms with van der Waals surface area (Å²) >= 11 is 5.88. The molecular weight excluding hydrogens is 381 g/mol. The molecule has 0 bridgehead atoms. The quantitative estimate of drug-likeness (QED) is 0.663. The van der Waals surface area contributed by atoms with Gasteiger partial charge in [-0.2, -0.15) is 0 Å². The third kappa shape index (κ3) is 3.55. The lowest BCUT2D eigenvalue weighted by atomic mass is 10.1. The molecule has 0 N–H and O–H groups in total. The van der Waals surface area contributed by atoms with E-state index in [0.29, 0.717) is 36.9 Å². The summed E-state index contributed by atoms with van der Waals surface area (Å²) in [6.07, 6.45) is 0. The van der Waals surface area contributed by atoms with Crippen LogP contribution in [0.2, 0.25) is 5.02 Å². The van der Waals surface area contributed by atoms with Gasteiger partial charge >= 0.3 is 0 Å². The molecule has 1 aliphatic heterocycles. The summed E-state index contributed by atoms with van der Waals surface area (Å²) in [7, 11) is 0. The molecule has 1 aromatic heterocycles. The summed E-state index contributed by atoms with van der Waals surface area (Å²) in [6.45, 7) is 1.37. The molecule has 0 spiro atoms. The fourth-order valence-corrected chi connectivity index (χ4v) is 3.46. The molecule has 0 atom stereocenters. The van der Waals surface area contributed by atoms with Crippen molar-refractivity contribution in [3.05, 3.63) is 76.7 Å². The van der Waals surface area contributed by atoms with Crippen molar-refractivity contribution in [3.63, 3.8) is 0 Å². The lowest BCUT2D eigenvalue weighted by Gasteiger charge is -2.34. The van der Waals surface area contributed by atoms with Crippen LogP contribution < -0.4 is 0 Å². The smallest absolute Gasteiger partial charge is 0.272 e. The first kappa shape index (κ1) is 18.4. The van der Waals surface area contributed by atoms with Crippen molar-refractivity contribution in [2.45, 2.75) is 0 Å². The summed E-state index contributed by atoms with van der Waals surface area (Å²) in [6, 6.07) is 15.1. The van der Waals surface area contributed by atoms with E-state index >= 15 is 0 Å². The number of halogens is 2. The number of pyridine rings is 1. The number of aromatic nitrogens is 1. The van der Waals surface area contributed by atoms with Gasteiger partial charge in [0.1, 0.15) is 11.5 Å². The van der Waals surface area contributed by atoms with Crippen LogP contribution in [0.1, 0.15) is 20.8 Å². The molecule has 3 aromatic rings. The molecule has 0 unspecified atom stereocenters. The highest BCUT2D eigenvalue weighted by Gasteiger charge is 2.27. The zero-order valence-corrected chi connectivity index (χ0v) is 15.7. The molecule has 7 heteroatoms. The minimum atomic E-state index is -0.603. The zero-order valence-electron chi connectivity index (χ0n) is 14.9. The normalized spacial score (nSPS) is 14.4. The van der Waals surface area contributed by atoms with Gasteiger partial charge in [0.05, 0.1) is 11.1 Å². The van der Waals surface area contributed by atoms with Gasteiger partial charge in [0, 0.05) is 36.6 Å². The fraction of sp³-hybridized carbons (Fsp3) is 0.190. The Morgan fingerprint density at radius 1 is 0.893 bits per heavy atom. The highest BCUT2D eigenvalue weighted by molar-refractivity contribution is 6.31. The number of benzene rings is 2. The Labute approximate surface area is 166 Å². The van der Waals surface area contributed by atoms with Gasteiger partial charge in [-0.15, -0.1) is 0 Å². The second-order valence-corrected chi connectivity index (χ2v) is 7.03. The molecule has 0 radical (unpaired) electrons.